The van der Waals surface area contributed by atoms with Gasteiger partial charge in [-0.1, -0.05) is 11.6 Å². The van der Waals surface area contributed by atoms with Gasteiger partial charge in [0.05, 0.1) is 4.91 Å². The molecule has 0 aliphatic rings. The molecule has 0 aromatic rings. The van der Waals surface area contributed by atoms with Crippen LogP contribution in [0.15, 0.2) is 10.4 Å². The third kappa shape index (κ3) is 5.63. The fourth-order valence-electron chi connectivity index (χ4n) is 0.0563. The molecular weight excluding hydrogens is 192 g/mol. The summed E-state index contributed by atoms with van der Waals surface area (Å²) in [5, 5.41) is 0. The van der Waals surface area contributed by atoms with Gasteiger partial charge in [0.2, 0.25) is 0 Å². The van der Waals surface area contributed by atoms with Gasteiger partial charge < -0.3 is 0 Å². The number of hydrogen-bond donors (Lipinski definition) is 1. The van der Waals surface area contributed by atoms with Gasteiger partial charge in [0.25, 0.3) is 10.1 Å². The third-order valence-electron chi connectivity index (χ3n) is 0.561. The van der Waals surface area contributed by atoms with Crippen LogP contribution >= 0.6 is 11.6 Å². The Kier molecular flexibility index (Phi) is 7.03. The van der Waals surface area contributed by atoms with Crippen LogP contribution in [0.3, 0.4) is 0 Å². The van der Waals surface area contributed by atoms with Gasteiger partial charge in [0.15, 0.2) is 0 Å². The fourth-order valence-corrected chi connectivity index (χ4v) is 0.507. The minimum absolute atomic E-state index is 0. The normalized spacial score (nSPS) is 12.6. The first-order valence-corrected chi connectivity index (χ1v) is 3.60. The second-order valence-corrected chi connectivity index (χ2v) is 3.01. The summed E-state index contributed by atoms with van der Waals surface area (Å²) in [5.41, 5.74) is 0.801. The molecule has 9 heavy (non-hydrogen) atoms. The average molecular weight is 199 g/mol. The van der Waals surface area contributed by atoms with Crippen LogP contribution in [0.1, 0.15) is 6.92 Å². The average Bonchev–Trinajstić information content (AvgIpc) is 1.62. The second kappa shape index (κ2) is 4.93. The van der Waals surface area contributed by atoms with Crippen molar-refractivity contribution >= 4 is 59.5 Å². The van der Waals surface area contributed by atoms with E-state index in [9.17, 15) is 8.42 Å². The van der Waals surface area contributed by atoms with Gasteiger partial charge in [-0.3, -0.25) is 4.55 Å². The van der Waals surface area contributed by atoms with Gasteiger partial charge in [-0.25, -0.2) is 0 Å². The van der Waals surface area contributed by atoms with E-state index in [0.29, 0.717) is 0 Å². The van der Waals surface area contributed by atoms with Crippen LogP contribution in [-0.2, 0) is 10.1 Å². The molecule has 0 aromatic carbocycles. The molecule has 0 fully saturated rings. The van der Waals surface area contributed by atoms with Crippen molar-refractivity contribution in [3.05, 3.63) is 10.4 Å². The monoisotopic (exact) mass is 198 g/mol. The van der Waals surface area contributed by atoms with Crippen molar-refractivity contribution in [3.8, 4) is 0 Å². The van der Waals surface area contributed by atoms with E-state index in [1.54, 1.807) is 0 Å². The Labute approximate surface area is 88.8 Å². The molecule has 0 aromatic heterocycles. The summed E-state index contributed by atoms with van der Waals surface area (Å²) in [6.45, 7) is 1.20. The molecule has 0 spiro atoms. The molecule has 52 valence electrons. The van der Waals surface area contributed by atoms with Gasteiger partial charge in [0.1, 0.15) is 0 Å². The summed E-state index contributed by atoms with van der Waals surface area (Å²) >= 11 is 4.94. The number of allylic oxidation sites excluding steroid dienone is 1. The minimum atomic E-state index is -4.02. The molecule has 0 saturated carbocycles. The summed E-state index contributed by atoms with van der Waals surface area (Å²) in [6, 6.07) is 0. The van der Waals surface area contributed by atoms with Crippen molar-refractivity contribution < 1.29 is 13.0 Å². The maximum atomic E-state index is 9.97. The second-order valence-electron chi connectivity index (χ2n) is 1.19. The van der Waals surface area contributed by atoms with E-state index in [4.69, 9.17) is 16.2 Å². The molecule has 0 saturated heterocycles. The van der Waals surface area contributed by atoms with E-state index in [1.807, 2.05) is 0 Å². The zero-order valence-electron chi connectivity index (χ0n) is 4.13. The predicted octanol–water partition coefficient (Wildman–Crippen LogP) is 0.0581. The van der Waals surface area contributed by atoms with E-state index in [2.05, 4.69) is 0 Å². The molecule has 0 radical (unpaired) electrons. The Morgan fingerprint density at radius 1 is 1.67 bits per heavy atom. The van der Waals surface area contributed by atoms with Crippen LogP contribution in [0.25, 0.3) is 0 Å². The maximum absolute atomic E-state index is 9.97. The van der Waals surface area contributed by atoms with Crippen molar-refractivity contribution in [2.45, 2.75) is 6.92 Å². The molecule has 0 amide bonds. The Morgan fingerprint density at radius 2 is 2.00 bits per heavy atom. The van der Waals surface area contributed by atoms with Gasteiger partial charge in [-0.2, -0.15) is 8.42 Å². The van der Waals surface area contributed by atoms with Crippen LogP contribution in [-0.4, -0.2) is 50.7 Å². The first-order valence-electron chi connectivity index (χ1n) is 1.73. The zero-order valence-corrected chi connectivity index (χ0v) is 5.70. The Morgan fingerprint density at radius 3 is 2.00 bits per heavy atom. The van der Waals surface area contributed by atoms with E-state index in [1.165, 1.54) is 6.92 Å². The quantitative estimate of drug-likeness (QED) is 0.479. The summed E-state index contributed by atoms with van der Waals surface area (Å²) in [4.78, 5) is -0.251. The Hall–Kier alpha value is 1.20. The van der Waals surface area contributed by atoms with E-state index < -0.39 is 10.1 Å². The van der Waals surface area contributed by atoms with Crippen LogP contribution in [0.2, 0.25) is 0 Å². The predicted molar refractivity (Wildman–Crippen MR) is 39.7 cm³/mol. The zero-order chi connectivity index (χ0) is 6.78. The Balaban J connectivity index is 0. The van der Waals surface area contributed by atoms with Crippen molar-refractivity contribution in [1.82, 2.24) is 0 Å². The summed E-state index contributed by atoms with van der Waals surface area (Å²) < 4.78 is 28.0. The van der Waals surface area contributed by atoms with Gasteiger partial charge in [-0.15, -0.1) is 0 Å². The molecule has 6 heteroatoms. The summed E-state index contributed by atoms with van der Waals surface area (Å²) in [6.07, 6.45) is 0. The van der Waals surface area contributed by atoms with Gasteiger partial charge in [0, 0.05) is 5.54 Å². The van der Waals surface area contributed by atoms with Crippen LogP contribution in [0.5, 0.6) is 0 Å². The molecular formula is C3H7CaClO3S. The van der Waals surface area contributed by atoms with Gasteiger partial charge >= 0.3 is 37.7 Å². The van der Waals surface area contributed by atoms with E-state index >= 15 is 0 Å². The summed E-state index contributed by atoms with van der Waals surface area (Å²) in [5.74, 6) is 0. The SMILES string of the molecule is CC(=CCl)S(=O)(=O)O.[CaH2]. The van der Waals surface area contributed by atoms with E-state index in [-0.39, 0.29) is 42.6 Å². The Bertz CT molecular complexity index is 195. The first kappa shape index (κ1) is 12.8. The van der Waals surface area contributed by atoms with E-state index in [0.717, 1.165) is 5.54 Å². The molecule has 1 N–H and O–H groups in total. The topological polar surface area (TPSA) is 54.4 Å². The number of halogens is 1. The first-order chi connectivity index (χ1) is 3.48. The van der Waals surface area contributed by atoms with Crippen LogP contribution < -0.4 is 0 Å². The molecule has 0 unspecified atom stereocenters. The van der Waals surface area contributed by atoms with Crippen molar-refractivity contribution in [2.75, 3.05) is 0 Å². The standard InChI is InChI=1S/C3H5ClO3S.Ca.2H/c1-3(2-4)8(5,6)7;;;/h2H,1H3,(H,5,6,7);;;. The molecule has 0 atom stereocenters. The van der Waals surface area contributed by atoms with Crippen LogP contribution in [0.4, 0.5) is 0 Å². The van der Waals surface area contributed by atoms with Crippen molar-refractivity contribution in [1.29, 1.82) is 0 Å². The van der Waals surface area contributed by atoms with Crippen LogP contribution in [0, 0.1) is 0 Å². The van der Waals surface area contributed by atoms with Gasteiger partial charge in [-0.05, 0) is 6.92 Å². The molecule has 3 nitrogen and oxygen atoms in total. The number of hydrogen-bond acceptors (Lipinski definition) is 2. The number of rotatable bonds is 1. The molecule has 0 aliphatic heterocycles. The molecule has 0 aliphatic carbocycles. The molecule has 0 heterocycles. The van der Waals surface area contributed by atoms with Crippen molar-refractivity contribution in [2.24, 2.45) is 0 Å². The fraction of sp³-hybridized carbons (Fsp3) is 0.333. The molecule has 0 bridgehead atoms. The van der Waals surface area contributed by atoms with Crippen molar-refractivity contribution in [3.63, 3.8) is 0 Å². The summed E-state index contributed by atoms with van der Waals surface area (Å²) in [7, 11) is -4.02. The molecule has 0 rings (SSSR count). The third-order valence-corrected chi connectivity index (χ3v) is 1.95.